The maximum Gasteiger partial charge on any atom is 0.305 e. The van der Waals surface area contributed by atoms with E-state index in [1.807, 2.05) is 24.3 Å². The van der Waals surface area contributed by atoms with Gasteiger partial charge in [0.1, 0.15) is 65.5 Å². The van der Waals surface area contributed by atoms with Gasteiger partial charge >= 0.3 is 5.97 Å². The number of carboxylic acids is 1. The lowest BCUT2D eigenvalue weighted by Crippen LogP contribution is -2.61. The highest BCUT2D eigenvalue weighted by Crippen LogP contribution is 2.40. The number of thioether (sulfide) groups is 2. The number of carbonyl (C=O) groups excluding carboxylic acids is 10. The number of anilines is 1. The van der Waals surface area contributed by atoms with Crippen LogP contribution in [0, 0.1) is 0 Å². The Balaban J connectivity index is 0.972. The molecule has 10 amide bonds. The Morgan fingerprint density at radius 2 is 1.26 bits per heavy atom. The number of hydrogen-bond donors (Lipinski definition) is 16. The molecular weight excluding hydrogens is 1420 g/mol. The molecule has 1 spiro atoms. The first kappa shape index (κ1) is 80.6. The maximum atomic E-state index is 15.5. The van der Waals surface area contributed by atoms with E-state index in [-0.39, 0.29) is 74.2 Å². The van der Waals surface area contributed by atoms with Gasteiger partial charge in [-0.05, 0) is 122 Å². The summed E-state index contributed by atoms with van der Waals surface area (Å²) in [5.74, 6) is -7.49. The molecule has 1 saturated carbocycles. The average Bonchev–Trinajstić information content (AvgIpc) is 1.60. The average molecular weight is 1520 g/mol. The number of phenols is 1. The number of imidazole rings is 1. The first-order valence-electron chi connectivity index (χ1n) is 37.5. The lowest BCUT2D eigenvalue weighted by Gasteiger charge is -2.40. The number of aromatic amines is 3. The number of pyridine rings is 1. The Kier molecular flexibility index (Phi) is 29.7. The summed E-state index contributed by atoms with van der Waals surface area (Å²) in [5, 5.41) is 47.0. The molecule has 0 radical (unpaired) electrons. The number of unbranched alkanes of at least 4 members (excludes halogenated alkanes) is 1. The molecule has 2 aromatic carbocycles. The molecule has 10 rings (SSSR count). The number of fused-ring (bicyclic) bond motifs is 5. The van der Waals surface area contributed by atoms with Crippen LogP contribution in [0.1, 0.15) is 155 Å². The maximum absolute atomic E-state index is 15.5. The molecule has 2 fully saturated rings. The fourth-order valence-electron chi connectivity index (χ4n) is 14.6. The summed E-state index contributed by atoms with van der Waals surface area (Å²) in [4.78, 5) is 178. The minimum Gasteiger partial charge on any atom is -0.508 e. The highest BCUT2D eigenvalue weighted by Gasteiger charge is 2.42. The second-order valence-electron chi connectivity index (χ2n) is 28.5. The van der Waals surface area contributed by atoms with Crippen molar-refractivity contribution in [3.8, 4) is 5.75 Å². The van der Waals surface area contributed by atoms with Crippen molar-refractivity contribution in [2.24, 2.45) is 11.5 Å². The van der Waals surface area contributed by atoms with Gasteiger partial charge in [-0.15, -0.1) is 0 Å². The van der Waals surface area contributed by atoms with Crippen molar-refractivity contribution in [1.29, 1.82) is 0 Å². The molecule has 1 aliphatic carbocycles. The van der Waals surface area contributed by atoms with E-state index in [4.69, 9.17) is 11.5 Å². The number of nitrogens with two attached hydrogens (primary N) is 2. The highest BCUT2D eigenvalue weighted by molar-refractivity contribution is 7.98. The van der Waals surface area contributed by atoms with Crippen molar-refractivity contribution >= 4 is 105 Å². The van der Waals surface area contributed by atoms with Gasteiger partial charge in [-0.25, -0.2) is 9.97 Å². The Morgan fingerprint density at radius 1 is 0.611 bits per heavy atom. The second-order valence-corrected chi connectivity index (χ2v) is 30.7. The van der Waals surface area contributed by atoms with Gasteiger partial charge in [-0.1, -0.05) is 87.8 Å². The van der Waals surface area contributed by atoms with Crippen LogP contribution in [0.3, 0.4) is 0 Å². The van der Waals surface area contributed by atoms with Gasteiger partial charge in [-0.2, -0.15) is 23.5 Å². The number of carboxylic acid groups (broad SMARTS) is 1. The van der Waals surface area contributed by atoms with E-state index in [0.717, 1.165) is 67.5 Å². The minimum absolute atomic E-state index is 0.0537. The van der Waals surface area contributed by atoms with E-state index in [1.54, 1.807) is 30.7 Å². The number of primary amides is 1. The summed E-state index contributed by atoms with van der Waals surface area (Å²) in [6.45, 7) is -0.237. The SMILES string of the molecule is NCCCC[C@@H]1NC(=O)CCSCc2cccc(c2)CSC[C@@H](C(N)=O)NC(=O)[C@@H]2CCCN2C(=O)[C@H](Cc2ccc(O)cc2)NC(=O)[C@H](Cc2c[nH]cn2)NC(=O)[C@H](CC(=O)O)NC(=O)[C@H](Cc2c[nH]c3ncccc23)NC(=O)[C@H](Cc2c[nH]c3c2CCC2(CCCCCCCCCC2)N3)NC(=O)CNC1=O. The molecule has 32 heteroatoms. The monoisotopic (exact) mass is 1520 g/mol. The Morgan fingerprint density at radius 3 is 1.95 bits per heavy atom. The topological polar surface area (TPSA) is 465 Å². The zero-order chi connectivity index (χ0) is 76.5. The molecule has 108 heavy (non-hydrogen) atoms. The molecular formula is C76H101N17O13S2. The fourth-order valence-corrected chi connectivity index (χ4v) is 16.5. The minimum atomic E-state index is -1.96. The standard InChI is InChI=1S/C76H101N17O13S2/c77-28-10-7-17-55-69(100)83-41-64(96)86-56(34-50-39-82-68-54(50)23-27-76(92-68)25-8-5-3-1-2-4-6-9-26-76)70(101)87-57(35-49-38-81-67-53(49)16-12-29-80-67)71(102)89-59(37-65(97)98)73(104)88-58(36-51-40-79-45-84-51)72(103)90-60(33-46-19-21-52(94)22-20-46)75(106)93-30-13-18-62(93)74(105)91-61(66(78)99)44-108-43-48-15-11-14-47(32-48)42-107-31-24-63(95)85-55/h11-12,14-16,19-22,29,32,38-40,45,55-62,82,92,94H,1-10,13,17-18,23-28,30-31,33-37,41-44,77H2,(H2,78,99)(H,79,84)(H,80,81)(H,83,100)(H,85,95)(H,86,96)(H,87,101)(H,88,104)(H,89,102)(H,90,103)(H,91,105)(H,97,98)/t55-,56-,57-,58-,59-,60-,61-,62-/m0/s1. The quantitative estimate of drug-likeness (QED) is 0.0651. The number of nitrogens with one attached hydrogen (secondary N) is 12. The van der Waals surface area contributed by atoms with Gasteiger partial charge in [-0.3, -0.25) is 52.7 Å². The number of phenolic OH excluding ortho intramolecular Hbond substituents is 1. The molecule has 8 atom stereocenters. The Bertz CT molecular complexity index is 4080. The molecule has 3 aliphatic heterocycles. The van der Waals surface area contributed by atoms with E-state index in [9.17, 15) is 43.8 Å². The predicted octanol–water partition coefficient (Wildman–Crippen LogP) is 3.76. The summed E-state index contributed by atoms with van der Waals surface area (Å²) in [6.07, 6.45) is 20.2. The summed E-state index contributed by atoms with van der Waals surface area (Å²) in [7, 11) is 0. The summed E-state index contributed by atoms with van der Waals surface area (Å²) in [5.41, 5.74) is 16.7. The van der Waals surface area contributed by atoms with Crippen LogP contribution in [0.25, 0.3) is 11.0 Å². The van der Waals surface area contributed by atoms with Crippen molar-refractivity contribution in [3.05, 3.63) is 131 Å². The van der Waals surface area contributed by atoms with Crippen molar-refractivity contribution < 1.29 is 63.0 Å². The van der Waals surface area contributed by atoms with E-state index < -0.39 is 126 Å². The van der Waals surface area contributed by atoms with Gasteiger partial charge in [0.2, 0.25) is 59.1 Å². The number of amides is 10. The lowest BCUT2D eigenvalue weighted by atomic mass is 9.79. The van der Waals surface area contributed by atoms with E-state index >= 15 is 19.2 Å². The van der Waals surface area contributed by atoms with Crippen LogP contribution in [0.2, 0.25) is 0 Å². The Labute approximate surface area is 635 Å². The summed E-state index contributed by atoms with van der Waals surface area (Å²) >= 11 is 2.85. The molecule has 6 aromatic rings. The normalized spacial score (nSPS) is 23.6. The summed E-state index contributed by atoms with van der Waals surface area (Å²) in [6, 6.07) is 5.54. The third-order valence-electron chi connectivity index (χ3n) is 20.5. The van der Waals surface area contributed by atoms with Crippen molar-refractivity contribution in [3.63, 3.8) is 0 Å². The Hall–Kier alpha value is -9.95. The highest BCUT2D eigenvalue weighted by atomic mass is 32.2. The third kappa shape index (κ3) is 23.3. The fraction of sp³-hybridized carbons (Fsp3) is 0.513. The first-order chi connectivity index (χ1) is 52.2. The van der Waals surface area contributed by atoms with E-state index in [1.165, 1.54) is 90.9 Å². The van der Waals surface area contributed by atoms with Crippen LogP contribution in [0.5, 0.6) is 5.75 Å². The second kappa shape index (κ2) is 39.8. The smallest absolute Gasteiger partial charge is 0.305 e. The molecule has 580 valence electrons. The number of benzene rings is 2. The predicted molar refractivity (Wildman–Crippen MR) is 408 cm³/mol. The first-order valence-corrected chi connectivity index (χ1v) is 39.8. The zero-order valence-corrected chi connectivity index (χ0v) is 62.3. The van der Waals surface area contributed by atoms with Crippen LogP contribution < -0.4 is 59.3 Å². The lowest BCUT2D eigenvalue weighted by molar-refractivity contribution is -0.143. The molecule has 0 unspecified atom stereocenters. The molecule has 7 heterocycles. The third-order valence-corrected chi connectivity index (χ3v) is 22.6. The van der Waals surface area contributed by atoms with Crippen LogP contribution in [0.15, 0.2) is 91.8 Å². The number of nitrogens with zero attached hydrogens (tertiary/aromatic N) is 3. The van der Waals surface area contributed by atoms with Crippen LogP contribution in [-0.4, -0.2) is 190 Å². The van der Waals surface area contributed by atoms with Crippen LogP contribution in [0.4, 0.5) is 5.82 Å². The molecule has 18 N–H and O–H groups in total. The van der Waals surface area contributed by atoms with E-state index in [0.29, 0.717) is 77.2 Å². The molecule has 4 aromatic heterocycles. The van der Waals surface area contributed by atoms with Crippen molar-refractivity contribution in [2.45, 2.75) is 213 Å². The zero-order valence-electron chi connectivity index (χ0n) is 60.7. The van der Waals surface area contributed by atoms with E-state index in [2.05, 4.69) is 72.8 Å². The van der Waals surface area contributed by atoms with Gasteiger partial charge in [0.25, 0.3) is 0 Å². The number of aliphatic carboxylic acids is 1. The molecule has 4 aliphatic rings. The number of aromatic hydroxyl groups is 1. The van der Waals surface area contributed by atoms with Gasteiger partial charge in [0, 0.05) is 97.4 Å². The number of aromatic nitrogens is 5. The number of hydrogen-bond acceptors (Lipinski definition) is 18. The number of rotatable bonds is 15. The van der Waals surface area contributed by atoms with Crippen LogP contribution in [-0.2, 0) is 96.3 Å². The largest absolute Gasteiger partial charge is 0.508 e. The van der Waals surface area contributed by atoms with Gasteiger partial charge in [0.05, 0.1) is 25.0 Å². The van der Waals surface area contributed by atoms with Gasteiger partial charge in [0.15, 0.2) is 0 Å². The molecule has 30 nitrogen and oxygen atoms in total. The van der Waals surface area contributed by atoms with Crippen molar-refractivity contribution in [2.75, 3.05) is 36.5 Å². The van der Waals surface area contributed by atoms with Crippen molar-refractivity contribution in [1.82, 2.24) is 72.4 Å². The number of H-pyrrole nitrogens is 3. The van der Waals surface area contributed by atoms with Gasteiger partial charge < -0.3 is 89.4 Å². The van der Waals surface area contributed by atoms with Crippen LogP contribution >= 0.6 is 23.5 Å². The molecule has 1 saturated heterocycles. The number of carbonyl (C=O) groups is 11. The molecule has 2 bridgehead atoms. The summed E-state index contributed by atoms with van der Waals surface area (Å²) < 4.78 is 0.